The Balaban J connectivity index is 1.50. The molecule has 29 heavy (non-hydrogen) atoms. The molecule has 1 N–H and O–H groups in total. The van der Waals surface area contributed by atoms with Gasteiger partial charge in [0.15, 0.2) is 6.10 Å². The van der Waals surface area contributed by atoms with Gasteiger partial charge < -0.3 is 10.1 Å². The SMILES string of the molecule is CCNc1ccc(CC2OC(=NC3CCCCC3)N(C3CCCCC3)C2=O)cc1. The first-order valence-corrected chi connectivity index (χ1v) is 11.6. The topological polar surface area (TPSA) is 53.9 Å². The summed E-state index contributed by atoms with van der Waals surface area (Å²) in [4.78, 5) is 20.2. The molecule has 4 rings (SSSR count). The van der Waals surface area contributed by atoms with Crippen molar-refractivity contribution in [2.45, 2.75) is 95.7 Å². The number of anilines is 1. The number of carbonyl (C=O) groups is 1. The van der Waals surface area contributed by atoms with Crippen LogP contribution < -0.4 is 5.32 Å². The van der Waals surface area contributed by atoms with Gasteiger partial charge in [0.25, 0.3) is 11.9 Å². The van der Waals surface area contributed by atoms with Crippen LogP contribution >= 0.6 is 0 Å². The van der Waals surface area contributed by atoms with E-state index in [-0.39, 0.29) is 11.9 Å². The molecule has 1 aromatic rings. The van der Waals surface area contributed by atoms with Crippen LogP contribution in [0.4, 0.5) is 5.69 Å². The number of hydrogen-bond acceptors (Lipinski definition) is 4. The number of amidine groups is 1. The van der Waals surface area contributed by atoms with E-state index >= 15 is 0 Å². The fraction of sp³-hybridized carbons (Fsp3) is 0.667. The fourth-order valence-electron chi connectivity index (χ4n) is 4.92. The third kappa shape index (κ3) is 4.93. The van der Waals surface area contributed by atoms with Gasteiger partial charge in [0, 0.05) is 24.7 Å². The third-order valence-corrected chi connectivity index (χ3v) is 6.53. The molecule has 0 aromatic heterocycles. The Hall–Kier alpha value is -2.04. The average molecular weight is 398 g/mol. The molecule has 1 amide bonds. The highest BCUT2D eigenvalue weighted by molar-refractivity contribution is 6.02. The number of aliphatic imine (C=N–C) groups is 1. The summed E-state index contributed by atoms with van der Waals surface area (Å²) in [6.07, 6.45) is 12.0. The van der Waals surface area contributed by atoms with Crippen LogP contribution in [0.3, 0.4) is 0 Å². The fourth-order valence-corrected chi connectivity index (χ4v) is 4.92. The molecule has 5 heteroatoms. The second-order valence-corrected chi connectivity index (χ2v) is 8.74. The predicted molar refractivity (Wildman–Crippen MR) is 117 cm³/mol. The molecule has 0 radical (unpaired) electrons. The second kappa shape index (κ2) is 9.64. The number of hydrogen-bond donors (Lipinski definition) is 1. The Kier molecular flexibility index (Phi) is 6.73. The molecule has 2 saturated carbocycles. The van der Waals surface area contributed by atoms with E-state index in [1.165, 1.54) is 38.5 Å². The zero-order valence-electron chi connectivity index (χ0n) is 17.7. The molecule has 0 spiro atoms. The van der Waals surface area contributed by atoms with E-state index in [2.05, 4.69) is 36.5 Å². The van der Waals surface area contributed by atoms with Crippen molar-refractivity contribution in [1.29, 1.82) is 0 Å². The first-order valence-electron chi connectivity index (χ1n) is 11.6. The van der Waals surface area contributed by atoms with E-state index in [1.807, 2.05) is 4.90 Å². The smallest absolute Gasteiger partial charge is 0.295 e. The molecular weight excluding hydrogens is 362 g/mol. The number of amides is 1. The Labute approximate surface area is 174 Å². The van der Waals surface area contributed by atoms with Gasteiger partial charge in [-0.15, -0.1) is 0 Å². The lowest BCUT2D eigenvalue weighted by Gasteiger charge is -2.30. The van der Waals surface area contributed by atoms with Crippen LogP contribution in [-0.2, 0) is 16.0 Å². The molecule has 2 aliphatic carbocycles. The largest absolute Gasteiger partial charge is 0.451 e. The Morgan fingerprint density at radius 1 is 1.00 bits per heavy atom. The van der Waals surface area contributed by atoms with E-state index in [0.717, 1.165) is 43.5 Å². The second-order valence-electron chi connectivity index (χ2n) is 8.74. The Morgan fingerprint density at radius 3 is 2.31 bits per heavy atom. The summed E-state index contributed by atoms with van der Waals surface area (Å²) in [5.74, 6) is 0.113. The molecule has 3 aliphatic rings. The Bertz CT molecular complexity index is 703. The minimum absolute atomic E-state index is 0.113. The molecule has 1 aliphatic heterocycles. The maximum atomic E-state index is 13.3. The highest BCUT2D eigenvalue weighted by Gasteiger charge is 2.43. The number of ether oxygens (including phenoxy) is 1. The van der Waals surface area contributed by atoms with Gasteiger partial charge in [-0.25, -0.2) is 4.99 Å². The molecule has 1 unspecified atom stereocenters. The summed E-state index contributed by atoms with van der Waals surface area (Å²) in [7, 11) is 0. The normalized spacial score (nSPS) is 25.4. The van der Waals surface area contributed by atoms with Crippen molar-refractivity contribution in [3.8, 4) is 0 Å². The molecule has 3 fully saturated rings. The van der Waals surface area contributed by atoms with Gasteiger partial charge in [0.05, 0.1) is 6.04 Å². The first kappa shape index (κ1) is 20.2. The van der Waals surface area contributed by atoms with Crippen LogP contribution in [0, 0.1) is 0 Å². The van der Waals surface area contributed by atoms with Gasteiger partial charge in [-0.2, -0.15) is 0 Å². The third-order valence-electron chi connectivity index (χ3n) is 6.53. The average Bonchev–Trinajstić information content (AvgIpc) is 3.05. The van der Waals surface area contributed by atoms with Crippen molar-refractivity contribution in [1.82, 2.24) is 4.90 Å². The van der Waals surface area contributed by atoms with Crippen molar-refractivity contribution < 1.29 is 9.53 Å². The van der Waals surface area contributed by atoms with Crippen molar-refractivity contribution in [3.63, 3.8) is 0 Å². The minimum atomic E-state index is -0.441. The lowest BCUT2D eigenvalue weighted by Crippen LogP contribution is -2.42. The monoisotopic (exact) mass is 397 g/mol. The minimum Gasteiger partial charge on any atom is -0.451 e. The predicted octanol–water partition coefficient (Wildman–Crippen LogP) is 4.91. The van der Waals surface area contributed by atoms with Gasteiger partial charge in [-0.3, -0.25) is 9.69 Å². The number of nitrogens with one attached hydrogen (secondary N) is 1. The lowest BCUT2D eigenvalue weighted by atomic mass is 9.94. The number of benzene rings is 1. The van der Waals surface area contributed by atoms with Crippen molar-refractivity contribution >= 4 is 17.6 Å². The molecular formula is C24H35N3O2. The van der Waals surface area contributed by atoms with Gasteiger partial charge in [0.1, 0.15) is 0 Å². The maximum Gasteiger partial charge on any atom is 0.295 e. The molecule has 1 aromatic carbocycles. The summed E-state index contributed by atoms with van der Waals surface area (Å²) in [6.45, 7) is 2.99. The van der Waals surface area contributed by atoms with E-state index in [1.54, 1.807) is 0 Å². The summed E-state index contributed by atoms with van der Waals surface area (Å²) >= 11 is 0. The molecule has 1 saturated heterocycles. The molecule has 1 atom stereocenters. The number of carbonyl (C=O) groups excluding carboxylic acids is 1. The quantitative estimate of drug-likeness (QED) is 0.742. The highest BCUT2D eigenvalue weighted by atomic mass is 16.5. The van der Waals surface area contributed by atoms with Gasteiger partial charge >= 0.3 is 0 Å². The Morgan fingerprint density at radius 2 is 1.66 bits per heavy atom. The van der Waals surface area contributed by atoms with E-state index in [0.29, 0.717) is 18.5 Å². The van der Waals surface area contributed by atoms with Crippen LogP contribution in [0.2, 0.25) is 0 Å². The molecule has 158 valence electrons. The first-order chi connectivity index (χ1) is 14.2. The summed E-state index contributed by atoms with van der Waals surface area (Å²) in [5, 5.41) is 3.31. The zero-order valence-corrected chi connectivity index (χ0v) is 17.7. The summed E-state index contributed by atoms with van der Waals surface area (Å²) in [5.41, 5.74) is 2.24. The van der Waals surface area contributed by atoms with E-state index < -0.39 is 6.10 Å². The number of nitrogens with zero attached hydrogens (tertiary/aromatic N) is 2. The van der Waals surface area contributed by atoms with Crippen LogP contribution in [-0.4, -0.2) is 41.6 Å². The molecule has 1 heterocycles. The standard InChI is InChI=1S/C24H35N3O2/c1-2-25-19-15-13-18(14-16-19)17-22-23(28)27(21-11-7-4-8-12-21)24(29-22)26-20-9-5-3-6-10-20/h13-16,20-22,25H,2-12,17H2,1H3. The lowest BCUT2D eigenvalue weighted by molar-refractivity contribution is -0.131. The zero-order chi connectivity index (χ0) is 20.1. The van der Waals surface area contributed by atoms with Gasteiger partial charge in [0.2, 0.25) is 0 Å². The van der Waals surface area contributed by atoms with Crippen molar-refractivity contribution in [2.24, 2.45) is 4.99 Å². The van der Waals surface area contributed by atoms with Gasteiger partial charge in [-0.1, -0.05) is 50.7 Å². The van der Waals surface area contributed by atoms with Crippen LogP contribution in [0.1, 0.15) is 76.7 Å². The molecule has 0 bridgehead atoms. The molecule has 5 nitrogen and oxygen atoms in total. The van der Waals surface area contributed by atoms with Crippen LogP contribution in [0.15, 0.2) is 29.3 Å². The maximum absolute atomic E-state index is 13.3. The van der Waals surface area contributed by atoms with Gasteiger partial charge in [-0.05, 0) is 50.3 Å². The van der Waals surface area contributed by atoms with Crippen molar-refractivity contribution in [2.75, 3.05) is 11.9 Å². The summed E-state index contributed by atoms with van der Waals surface area (Å²) < 4.78 is 6.23. The summed E-state index contributed by atoms with van der Waals surface area (Å²) in [6, 6.07) is 9.53. The van der Waals surface area contributed by atoms with Crippen LogP contribution in [0.5, 0.6) is 0 Å². The van der Waals surface area contributed by atoms with Crippen LogP contribution in [0.25, 0.3) is 0 Å². The number of rotatable bonds is 6. The highest BCUT2D eigenvalue weighted by Crippen LogP contribution is 2.30. The van der Waals surface area contributed by atoms with Crippen molar-refractivity contribution in [3.05, 3.63) is 29.8 Å². The van der Waals surface area contributed by atoms with E-state index in [4.69, 9.17) is 9.73 Å². The van der Waals surface area contributed by atoms with E-state index in [9.17, 15) is 4.79 Å².